The minimum atomic E-state index is -4.92. The van der Waals surface area contributed by atoms with E-state index >= 15 is 0 Å². The van der Waals surface area contributed by atoms with E-state index < -0.39 is 48.3 Å². The maximum atomic E-state index is 13.1. The largest absolute Gasteiger partial charge is 0.495 e. The van der Waals surface area contributed by atoms with Crippen LogP contribution in [0.2, 0.25) is 0 Å². The predicted molar refractivity (Wildman–Crippen MR) is 65.4 cm³/mol. The van der Waals surface area contributed by atoms with E-state index in [4.69, 9.17) is 9.31 Å². The second-order valence-electron chi connectivity index (χ2n) is 5.37. The molecule has 1 saturated carbocycles. The molecule has 0 radical (unpaired) electrons. The van der Waals surface area contributed by atoms with Gasteiger partial charge in [0.15, 0.2) is 0 Å². The third kappa shape index (κ3) is 2.71. The normalized spacial score (nSPS) is 25.6. The molecule has 1 heterocycles. The quantitative estimate of drug-likeness (QED) is 0.582. The van der Waals surface area contributed by atoms with E-state index in [-0.39, 0.29) is 0 Å². The Morgan fingerprint density at radius 2 is 1.32 bits per heavy atom. The van der Waals surface area contributed by atoms with Crippen LogP contribution in [-0.2, 0) is 21.7 Å². The smallest absolute Gasteiger partial charge is 0.402 e. The van der Waals surface area contributed by atoms with Gasteiger partial charge in [-0.2, -0.15) is 26.3 Å². The molecule has 2 fully saturated rings. The lowest BCUT2D eigenvalue weighted by Crippen LogP contribution is -2.42. The molecule has 2 unspecified atom stereocenters. The number of halogens is 6. The molecule has 2 atom stereocenters. The van der Waals surface area contributed by atoms with Gasteiger partial charge in [-0.1, -0.05) is 18.2 Å². The van der Waals surface area contributed by atoms with Crippen molar-refractivity contribution < 1.29 is 35.7 Å². The molecule has 2 aliphatic rings. The van der Waals surface area contributed by atoms with Gasteiger partial charge in [-0.3, -0.25) is 0 Å². The molecule has 1 aliphatic heterocycles. The minimum Gasteiger partial charge on any atom is -0.402 e. The minimum absolute atomic E-state index is 0.438. The second-order valence-corrected chi connectivity index (χ2v) is 5.37. The summed E-state index contributed by atoms with van der Waals surface area (Å²) in [5, 5.41) is 0. The number of benzene rings is 1. The monoisotopic (exact) mass is 324 g/mol. The molecule has 0 amide bonds. The summed E-state index contributed by atoms with van der Waals surface area (Å²) in [5.41, 5.74) is -3.71. The summed E-state index contributed by atoms with van der Waals surface area (Å²) in [6.07, 6.45) is -8.76. The highest BCUT2D eigenvalue weighted by molar-refractivity contribution is 6.63. The lowest BCUT2D eigenvalue weighted by molar-refractivity contribution is -0.141. The van der Waals surface area contributed by atoms with E-state index in [1.165, 1.54) is 0 Å². The summed E-state index contributed by atoms with van der Waals surface area (Å²) in [4.78, 5) is 0. The van der Waals surface area contributed by atoms with Crippen LogP contribution >= 0.6 is 0 Å². The topological polar surface area (TPSA) is 18.5 Å². The zero-order valence-corrected chi connectivity index (χ0v) is 11.2. The molecule has 1 saturated heterocycles. The average Bonchev–Trinajstić information content (AvgIpc) is 2.96. The van der Waals surface area contributed by atoms with Crippen LogP contribution in [0.1, 0.15) is 30.4 Å². The van der Waals surface area contributed by atoms with E-state index in [9.17, 15) is 26.3 Å². The van der Waals surface area contributed by atoms with Gasteiger partial charge < -0.3 is 9.31 Å². The molecule has 22 heavy (non-hydrogen) atoms. The Morgan fingerprint density at radius 1 is 0.864 bits per heavy atom. The van der Waals surface area contributed by atoms with Gasteiger partial charge in [-0.25, -0.2) is 0 Å². The summed E-state index contributed by atoms with van der Waals surface area (Å²) in [7, 11) is -1.63. The van der Waals surface area contributed by atoms with E-state index in [1.807, 2.05) is 0 Å². The summed E-state index contributed by atoms with van der Waals surface area (Å²) >= 11 is 0. The number of hydrogen-bond donors (Lipinski definition) is 0. The molecule has 120 valence electrons. The zero-order valence-electron chi connectivity index (χ0n) is 11.2. The molecule has 2 nitrogen and oxygen atoms in total. The van der Waals surface area contributed by atoms with Gasteiger partial charge in [0.2, 0.25) is 0 Å². The van der Waals surface area contributed by atoms with Crippen molar-refractivity contribution in [2.75, 3.05) is 0 Å². The Balaban J connectivity index is 2.07. The van der Waals surface area contributed by atoms with E-state index in [0.29, 0.717) is 25.0 Å². The summed E-state index contributed by atoms with van der Waals surface area (Å²) in [5.74, 6) is 0. The van der Waals surface area contributed by atoms with Gasteiger partial charge in [0, 0.05) is 5.46 Å². The SMILES string of the molecule is FC(F)(F)c1cccc(C(F)(F)F)c1B1OC2CCCC2O1. The second kappa shape index (κ2) is 5.16. The molecule has 0 N–H and O–H groups in total. The Hall–Kier alpha value is -1.22. The highest BCUT2D eigenvalue weighted by atomic mass is 19.4. The van der Waals surface area contributed by atoms with Crippen LogP contribution < -0.4 is 5.46 Å². The molecule has 1 aromatic carbocycles. The maximum Gasteiger partial charge on any atom is 0.495 e. The Labute approximate surface area is 122 Å². The predicted octanol–water partition coefficient (Wildman–Crippen LogP) is 3.39. The molecule has 1 aromatic rings. The highest BCUT2D eigenvalue weighted by Crippen LogP contribution is 2.37. The van der Waals surface area contributed by atoms with Gasteiger partial charge in [-0.15, -0.1) is 0 Å². The van der Waals surface area contributed by atoms with Crippen LogP contribution in [0.5, 0.6) is 0 Å². The molecule has 9 heteroatoms. The van der Waals surface area contributed by atoms with Crippen LogP contribution in [0.3, 0.4) is 0 Å². The van der Waals surface area contributed by atoms with Crippen LogP contribution in [-0.4, -0.2) is 19.3 Å². The van der Waals surface area contributed by atoms with Crippen molar-refractivity contribution in [2.45, 2.75) is 43.8 Å². The lowest BCUT2D eigenvalue weighted by atomic mass is 9.72. The number of rotatable bonds is 1. The van der Waals surface area contributed by atoms with Crippen molar-refractivity contribution in [3.8, 4) is 0 Å². The standard InChI is InChI=1S/C13H11BF6O2/c15-12(16,17)7-3-1-4-8(13(18,19)20)11(7)14-21-9-5-2-6-10(9)22-14/h1,3-4,9-10H,2,5-6H2. The van der Waals surface area contributed by atoms with Gasteiger partial charge in [0.1, 0.15) is 0 Å². The van der Waals surface area contributed by atoms with E-state index in [1.54, 1.807) is 0 Å². The fraction of sp³-hybridized carbons (Fsp3) is 0.538. The number of fused-ring (bicyclic) bond motifs is 1. The van der Waals surface area contributed by atoms with Crippen molar-refractivity contribution in [3.05, 3.63) is 29.3 Å². The number of alkyl halides is 6. The Bertz CT molecular complexity index is 526. The van der Waals surface area contributed by atoms with E-state index in [2.05, 4.69) is 0 Å². The highest BCUT2D eigenvalue weighted by Gasteiger charge is 2.51. The lowest BCUT2D eigenvalue weighted by Gasteiger charge is -2.20. The third-order valence-corrected chi connectivity index (χ3v) is 3.94. The van der Waals surface area contributed by atoms with Gasteiger partial charge in [0.25, 0.3) is 0 Å². The third-order valence-electron chi connectivity index (χ3n) is 3.94. The molecule has 3 rings (SSSR count). The molecule has 0 aromatic heterocycles. The molecule has 1 aliphatic carbocycles. The van der Waals surface area contributed by atoms with Crippen LogP contribution in [0.15, 0.2) is 18.2 Å². The Morgan fingerprint density at radius 3 is 1.73 bits per heavy atom. The molecule has 0 spiro atoms. The Kier molecular flexibility index (Phi) is 3.68. The van der Waals surface area contributed by atoms with Gasteiger partial charge >= 0.3 is 19.5 Å². The van der Waals surface area contributed by atoms with Crippen molar-refractivity contribution in [1.82, 2.24) is 0 Å². The summed E-state index contributed by atoms with van der Waals surface area (Å²) < 4.78 is 89.1. The first kappa shape index (κ1) is 15.7. The first-order valence-electron chi connectivity index (χ1n) is 6.76. The number of hydrogen-bond acceptors (Lipinski definition) is 2. The van der Waals surface area contributed by atoms with E-state index in [0.717, 1.165) is 12.5 Å². The zero-order chi connectivity index (χ0) is 16.1. The van der Waals surface area contributed by atoms with Gasteiger partial charge in [0.05, 0.1) is 23.3 Å². The fourth-order valence-corrected chi connectivity index (χ4v) is 3.00. The molecule has 0 bridgehead atoms. The van der Waals surface area contributed by atoms with Crippen LogP contribution in [0.25, 0.3) is 0 Å². The summed E-state index contributed by atoms with van der Waals surface area (Å²) in [6.45, 7) is 0. The van der Waals surface area contributed by atoms with Crippen molar-refractivity contribution >= 4 is 12.6 Å². The average molecular weight is 324 g/mol. The summed E-state index contributed by atoms with van der Waals surface area (Å²) in [6, 6.07) is 1.97. The van der Waals surface area contributed by atoms with Crippen molar-refractivity contribution in [3.63, 3.8) is 0 Å². The maximum absolute atomic E-state index is 13.1. The molecular weight excluding hydrogens is 313 g/mol. The van der Waals surface area contributed by atoms with Crippen LogP contribution in [0.4, 0.5) is 26.3 Å². The van der Waals surface area contributed by atoms with Crippen molar-refractivity contribution in [2.24, 2.45) is 0 Å². The van der Waals surface area contributed by atoms with Gasteiger partial charge in [-0.05, 0) is 19.3 Å². The van der Waals surface area contributed by atoms with Crippen molar-refractivity contribution in [1.29, 1.82) is 0 Å². The fourth-order valence-electron chi connectivity index (χ4n) is 3.00. The van der Waals surface area contributed by atoms with Crippen LogP contribution in [0, 0.1) is 0 Å². The first-order chi connectivity index (χ1) is 10.2. The first-order valence-corrected chi connectivity index (χ1v) is 6.76. The molecular formula is C13H11BF6O2.